The van der Waals surface area contributed by atoms with Crippen LogP contribution in [0.25, 0.3) is 0 Å². The van der Waals surface area contributed by atoms with Gasteiger partial charge in [-0.15, -0.1) is 0 Å². The molecule has 1 saturated heterocycles. The van der Waals surface area contributed by atoms with E-state index in [9.17, 15) is 4.79 Å². The van der Waals surface area contributed by atoms with Gasteiger partial charge in [-0.3, -0.25) is 4.79 Å². The normalized spacial score (nSPS) is 21.0. The molecule has 2 aliphatic heterocycles. The molecule has 0 spiro atoms. The summed E-state index contributed by atoms with van der Waals surface area (Å²) in [5.41, 5.74) is 3.53. The summed E-state index contributed by atoms with van der Waals surface area (Å²) in [5.74, 6) is 0.221. The fourth-order valence-electron chi connectivity index (χ4n) is 3.48. The number of piperidine rings is 1. The molecule has 0 aliphatic carbocycles. The molecule has 108 valence electrons. The van der Waals surface area contributed by atoms with Gasteiger partial charge in [-0.2, -0.15) is 0 Å². The lowest BCUT2D eigenvalue weighted by molar-refractivity contribution is 0.0582. The highest BCUT2D eigenvalue weighted by atomic mass is 16.2. The first-order valence-electron chi connectivity index (χ1n) is 7.72. The molecule has 0 unspecified atom stereocenters. The molecule has 20 heavy (non-hydrogen) atoms. The van der Waals surface area contributed by atoms with E-state index < -0.39 is 0 Å². The van der Waals surface area contributed by atoms with Gasteiger partial charge in [0.25, 0.3) is 5.91 Å². The Morgan fingerprint density at radius 3 is 2.95 bits per heavy atom. The first kappa shape index (κ1) is 13.5. The number of anilines is 1. The SMILES string of the molecule is CC1(C)CCCN(C(=O)c2cccc3c2CCCN3)C1. The average molecular weight is 272 g/mol. The molecular weight excluding hydrogens is 248 g/mol. The minimum absolute atomic E-state index is 0.221. The lowest BCUT2D eigenvalue weighted by Crippen LogP contribution is -2.44. The first-order valence-corrected chi connectivity index (χ1v) is 7.72. The number of rotatable bonds is 1. The third-order valence-electron chi connectivity index (χ3n) is 4.51. The van der Waals surface area contributed by atoms with Crippen LogP contribution in [0.1, 0.15) is 49.0 Å². The Kier molecular flexibility index (Phi) is 3.45. The van der Waals surface area contributed by atoms with Gasteiger partial charge in [0.05, 0.1) is 0 Å². The molecule has 0 atom stereocenters. The summed E-state index contributed by atoms with van der Waals surface area (Å²) in [7, 11) is 0. The number of nitrogens with zero attached hydrogens (tertiary/aromatic N) is 1. The molecule has 1 aromatic rings. The van der Waals surface area contributed by atoms with Crippen molar-refractivity contribution in [1.29, 1.82) is 0 Å². The highest BCUT2D eigenvalue weighted by Gasteiger charge is 2.30. The molecule has 2 heterocycles. The van der Waals surface area contributed by atoms with E-state index in [1.807, 2.05) is 17.0 Å². The smallest absolute Gasteiger partial charge is 0.254 e. The van der Waals surface area contributed by atoms with Crippen LogP contribution in [0.3, 0.4) is 0 Å². The van der Waals surface area contributed by atoms with Crippen molar-refractivity contribution in [3.05, 3.63) is 29.3 Å². The number of likely N-dealkylation sites (tertiary alicyclic amines) is 1. The van der Waals surface area contributed by atoms with E-state index in [4.69, 9.17) is 0 Å². The Morgan fingerprint density at radius 1 is 1.30 bits per heavy atom. The van der Waals surface area contributed by atoms with E-state index >= 15 is 0 Å². The summed E-state index contributed by atoms with van der Waals surface area (Å²) < 4.78 is 0. The van der Waals surface area contributed by atoms with Crippen LogP contribution in [0.4, 0.5) is 5.69 Å². The van der Waals surface area contributed by atoms with Crippen LogP contribution in [0, 0.1) is 5.41 Å². The second-order valence-corrected chi connectivity index (χ2v) is 6.86. The van der Waals surface area contributed by atoms with Gasteiger partial charge >= 0.3 is 0 Å². The highest BCUT2D eigenvalue weighted by molar-refractivity contribution is 5.97. The lowest BCUT2D eigenvalue weighted by Gasteiger charge is -2.38. The van der Waals surface area contributed by atoms with Gasteiger partial charge in [-0.05, 0) is 48.8 Å². The second kappa shape index (κ2) is 5.12. The maximum absolute atomic E-state index is 12.9. The largest absolute Gasteiger partial charge is 0.385 e. The zero-order chi connectivity index (χ0) is 14.2. The van der Waals surface area contributed by atoms with E-state index in [0.717, 1.165) is 50.1 Å². The Bertz CT molecular complexity index is 522. The zero-order valence-electron chi connectivity index (χ0n) is 12.5. The third kappa shape index (κ3) is 2.54. The van der Waals surface area contributed by atoms with Crippen LogP contribution in [-0.2, 0) is 6.42 Å². The molecule has 1 amide bonds. The molecule has 3 nitrogen and oxygen atoms in total. The van der Waals surface area contributed by atoms with Crippen molar-refractivity contribution in [2.24, 2.45) is 5.41 Å². The second-order valence-electron chi connectivity index (χ2n) is 6.86. The van der Waals surface area contributed by atoms with Gasteiger partial charge in [-0.25, -0.2) is 0 Å². The highest BCUT2D eigenvalue weighted by Crippen LogP contribution is 2.31. The van der Waals surface area contributed by atoms with Crippen molar-refractivity contribution in [2.75, 3.05) is 25.0 Å². The fourth-order valence-corrected chi connectivity index (χ4v) is 3.48. The number of carbonyl (C=O) groups is 1. The van der Waals surface area contributed by atoms with Gasteiger partial charge in [0.1, 0.15) is 0 Å². The Balaban J connectivity index is 1.87. The number of hydrogen-bond acceptors (Lipinski definition) is 2. The molecule has 3 heteroatoms. The third-order valence-corrected chi connectivity index (χ3v) is 4.51. The zero-order valence-corrected chi connectivity index (χ0v) is 12.5. The number of hydrogen-bond donors (Lipinski definition) is 1. The quantitative estimate of drug-likeness (QED) is 0.850. The van der Waals surface area contributed by atoms with E-state index in [1.165, 1.54) is 12.0 Å². The van der Waals surface area contributed by atoms with Crippen LogP contribution >= 0.6 is 0 Å². The van der Waals surface area contributed by atoms with E-state index in [0.29, 0.717) is 0 Å². The summed E-state index contributed by atoms with van der Waals surface area (Å²) in [6.07, 6.45) is 4.46. The molecule has 2 aliphatic rings. The Morgan fingerprint density at radius 2 is 2.15 bits per heavy atom. The summed E-state index contributed by atoms with van der Waals surface area (Å²) >= 11 is 0. The summed E-state index contributed by atoms with van der Waals surface area (Å²) in [5, 5.41) is 3.41. The summed E-state index contributed by atoms with van der Waals surface area (Å²) in [6, 6.07) is 6.08. The monoisotopic (exact) mass is 272 g/mol. The maximum atomic E-state index is 12.9. The lowest BCUT2D eigenvalue weighted by atomic mass is 9.83. The van der Waals surface area contributed by atoms with Crippen LogP contribution in [-0.4, -0.2) is 30.4 Å². The van der Waals surface area contributed by atoms with Crippen LogP contribution < -0.4 is 5.32 Å². The van der Waals surface area contributed by atoms with Crippen molar-refractivity contribution in [1.82, 2.24) is 4.90 Å². The van der Waals surface area contributed by atoms with E-state index in [-0.39, 0.29) is 11.3 Å². The average Bonchev–Trinajstić information content (AvgIpc) is 2.45. The van der Waals surface area contributed by atoms with Gasteiger partial charge in [0, 0.05) is 30.9 Å². The molecule has 0 bridgehead atoms. The predicted molar refractivity (Wildman–Crippen MR) is 82.2 cm³/mol. The number of fused-ring (bicyclic) bond motifs is 1. The molecular formula is C17H24N2O. The molecule has 1 fully saturated rings. The van der Waals surface area contributed by atoms with Gasteiger partial charge < -0.3 is 10.2 Å². The topological polar surface area (TPSA) is 32.3 Å². The van der Waals surface area contributed by atoms with Gasteiger partial charge in [-0.1, -0.05) is 19.9 Å². The predicted octanol–water partition coefficient (Wildman–Crippen LogP) is 3.31. The van der Waals surface area contributed by atoms with Gasteiger partial charge in [0.15, 0.2) is 0 Å². The molecule has 3 rings (SSSR count). The number of amides is 1. The van der Waals surface area contributed by atoms with Crippen molar-refractivity contribution in [3.8, 4) is 0 Å². The summed E-state index contributed by atoms with van der Waals surface area (Å²) in [6.45, 7) is 7.31. The van der Waals surface area contributed by atoms with Crippen LogP contribution in [0.5, 0.6) is 0 Å². The molecule has 1 N–H and O–H groups in total. The van der Waals surface area contributed by atoms with Crippen LogP contribution in [0.2, 0.25) is 0 Å². The van der Waals surface area contributed by atoms with Crippen molar-refractivity contribution >= 4 is 11.6 Å². The van der Waals surface area contributed by atoms with Crippen molar-refractivity contribution < 1.29 is 4.79 Å². The number of benzene rings is 1. The Labute approximate surface area is 121 Å². The van der Waals surface area contributed by atoms with Crippen LogP contribution in [0.15, 0.2) is 18.2 Å². The van der Waals surface area contributed by atoms with Gasteiger partial charge in [0.2, 0.25) is 0 Å². The number of carbonyl (C=O) groups excluding carboxylic acids is 1. The fraction of sp³-hybridized carbons (Fsp3) is 0.588. The summed E-state index contributed by atoms with van der Waals surface area (Å²) in [4.78, 5) is 14.9. The Hall–Kier alpha value is -1.51. The molecule has 0 aromatic heterocycles. The molecule has 0 saturated carbocycles. The minimum Gasteiger partial charge on any atom is -0.385 e. The van der Waals surface area contributed by atoms with Crippen molar-refractivity contribution in [3.63, 3.8) is 0 Å². The number of nitrogens with one attached hydrogen (secondary N) is 1. The van der Waals surface area contributed by atoms with E-state index in [1.54, 1.807) is 0 Å². The standard InChI is InChI=1S/C17H24N2O/c1-17(2)9-5-11-19(12-17)16(20)14-6-3-8-15-13(14)7-4-10-18-15/h3,6,8,18H,4-5,7,9-12H2,1-2H3. The van der Waals surface area contributed by atoms with Crippen molar-refractivity contribution in [2.45, 2.75) is 39.5 Å². The first-order chi connectivity index (χ1) is 9.57. The van der Waals surface area contributed by atoms with E-state index in [2.05, 4.69) is 25.2 Å². The molecule has 1 aromatic carbocycles. The minimum atomic E-state index is 0.221. The molecule has 0 radical (unpaired) electrons. The maximum Gasteiger partial charge on any atom is 0.254 e.